The van der Waals surface area contributed by atoms with Gasteiger partial charge in [0.05, 0.1) is 13.0 Å². The molecule has 116 valence electrons. The molecular formula is C16H23NO4. The number of hydrogen-bond acceptors (Lipinski definition) is 3. The zero-order valence-corrected chi connectivity index (χ0v) is 13.0. The lowest BCUT2D eigenvalue weighted by atomic mass is 9.99. The van der Waals surface area contributed by atoms with Gasteiger partial charge in [-0.1, -0.05) is 26.0 Å². The molecule has 0 aliphatic carbocycles. The average Bonchev–Trinajstić information content (AvgIpc) is 2.46. The van der Waals surface area contributed by atoms with Crippen LogP contribution in [0, 0.1) is 11.8 Å². The molecule has 0 fully saturated rings. The lowest BCUT2D eigenvalue weighted by molar-refractivity contribution is -0.143. The smallest absolute Gasteiger partial charge is 0.308 e. The fourth-order valence-corrected chi connectivity index (χ4v) is 2.16. The first-order valence-electron chi connectivity index (χ1n) is 6.95. The van der Waals surface area contributed by atoms with E-state index in [-0.39, 0.29) is 18.4 Å². The largest absolute Gasteiger partial charge is 0.497 e. The van der Waals surface area contributed by atoms with Gasteiger partial charge in [-0.25, -0.2) is 0 Å². The lowest BCUT2D eigenvalue weighted by Crippen LogP contribution is -2.37. The fraction of sp³-hybridized carbons (Fsp3) is 0.500. The van der Waals surface area contributed by atoms with Crippen LogP contribution in [0.5, 0.6) is 5.75 Å². The quantitative estimate of drug-likeness (QED) is 0.835. The Labute approximate surface area is 125 Å². The second-order valence-electron chi connectivity index (χ2n) is 5.41. The summed E-state index contributed by atoms with van der Waals surface area (Å²) in [6, 6.07) is 7.59. The van der Waals surface area contributed by atoms with E-state index in [0.717, 1.165) is 11.3 Å². The zero-order valence-electron chi connectivity index (χ0n) is 13.0. The van der Waals surface area contributed by atoms with Crippen LogP contribution in [-0.2, 0) is 16.0 Å². The monoisotopic (exact) mass is 293 g/mol. The van der Waals surface area contributed by atoms with Gasteiger partial charge >= 0.3 is 5.97 Å². The highest BCUT2D eigenvalue weighted by atomic mass is 16.5. The van der Waals surface area contributed by atoms with E-state index >= 15 is 0 Å². The SMILES string of the molecule is COc1ccc(CC(C)C(=O)N(C)CC(C)C(=O)O)cc1. The van der Waals surface area contributed by atoms with Gasteiger partial charge in [0.1, 0.15) is 5.75 Å². The minimum absolute atomic E-state index is 0.0427. The van der Waals surface area contributed by atoms with Crippen molar-refractivity contribution < 1.29 is 19.4 Å². The van der Waals surface area contributed by atoms with Crippen molar-refractivity contribution >= 4 is 11.9 Å². The molecule has 0 saturated heterocycles. The summed E-state index contributed by atoms with van der Waals surface area (Å²) in [6.45, 7) is 3.68. The molecule has 0 aromatic heterocycles. The first-order valence-corrected chi connectivity index (χ1v) is 6.95. The number of methoxy groups -OCH3 is 1. The first kappa shape index (κ1) is 17.0. The van der Waals surface area contributed by atoms with Crippen molar-refractivity contribution in [2.75, 3.05) is 20.7 Å². The van der Waals surface area contributed by atoms with E-state index in [2.05, 4.69) is 0 Å². The standard InChI is InChI=1S/C16H23NO4/c1-11(9-13-5-7-14(21-4)8-6-13)15(18)17(3)10-12(2)16(19)20/h5-8,11-12H,9-10H2,1-4H3,(H,19,20). The van der Waals surface area contributed by atoms with Crippen LogP contribution in [-0.4, -0.2) is 42.6 Å². The molecule has 0 bridgehead atoms. The minimum atomic E-state index is -0.891. The average molecular weight is 293 g/mol. The highest BCUT2D eigenvalue weighted by molar-refractivity contribution is 5.79. The van der Waals surface area contributed by atoms with Crippen LogP contribution in [0.3, 0.4) is 0 Å². The molecule has 1 N–H and O–H groups in total. The van der Waals surface area contributed by atoms with E-state index in [4.69, 9.17) is 9.84 Å². The summed E-state index contributed by atoms with van der Waals surface area (Å²) in [6.07, 6.45) is 0.620. The van der Waals surface area contributed by atoms with E-state index < -0.39 is 11.9 Å². The Balaban J connectivity index is 2.58. The number of rotatable bonds is 7. The molecule has 5 nitrogen and oxygen atoms in total. The summed E-state index contributed by atoms with van der Waals surface area (Å²) in [5, 5.41) is 8.89. The van der Waals surface area contributed by atoms with Gasteiger partial charge in [0, 0.05) is 19.5 Å². The van der Waals surface area contributed by atoms with Gasteiger partial charge in [0.25, 0.3) is 0 Å². The third-order valence-corrected chi connectivity index (χ3v) is 3.47. The number of carbonyl (C=O) groups is 2. The van der Waals surface area contributed by atoms with Crippen molar-refractivity contribution in [3.8, 4) is 5.75 Å². The van der Waals surface area contributed by atoms with Gasteiger partial charge in [-0.3, -0.25) is 9.59 Å². The van der Waals surface area contributed by atoms with Crippen molar-refractivity contribution in [1.29, 1.82) is 0 Å². The molecule has 2 atom stereocenters. The molecule has 5 heteroatoms. The maximum absolute atomic E-state index is 12.2. The molecule has 0 spiro atoms. The van der Waals surface area contributed by atoms with Crippen LogP contribution in [0.2, 0.25) is 0 Å². The molecule has 0 aliphatic rings. The number of aliphatic carboxylic acids is 1. The molecule has 0 aliphatic heterocycles. The predicted molar refractivity (Wildman–Crippen MR) is 80.3 cm³/mol. The second kappa shape index (κ2) is 7.67. The molecular weight excluding hydrogens is 270 g/mol. The number of ether oxygens (including phenoxy) is 1. The lowest BCUT2D eigenvalue weighted by Gasteiger charge is -2.23. The van der Waals surface area contributed by atoms with Gasteiger partial charge in [-0.05, 0) is 24.1 Å². The van der Waals surface area contributed by atoms with E-state index in [0.29, 0.717) is 6.42 Å². The highest BCUT2D eigenvalue weighted by Crippen LogP contribution is 2.16. The van der Waals surface area contributed by atoms with Crippen molar-refractivity contribution in [3.63, 3.8) is 0 Å². The normalized spacial score (nSPS) is 13.3. The van der Waals surface area contributed by atoms with Crippen LogP contribution < -0.4 is 4.74 Å². The Morgan fingerprint density at radius 3 is 2.24 bits per heavy atom. The molecule has 21 heavy (non-hydrogen) atoms. The van der Waals surface area contributed by atoms with Gasteiger partial charge < -0.3 is 14.7 Å². The Morgan fingerprint density at radius 1 is 1.19 bits per heavy atom. The van der Waals surface area contributed by atoms with Crippen molar-refractivity contribution in [1.82, 2.24) is 4.90 Å². The molecule has 0 saturated carbocycles. The maximum atomic E-state index is 12.2. The highest BCUT2D eigenvalue weighted by Gasteiger charge is 2.21. The number of carbonyl (C=O) groups excluding carboxylic acids is 1. The Bertz CT molecular complexity index is 484. The number of carboxylic acid groups (broad SMARTS) is 1. The summed E-state index contributed by atoms with van der Waals surface area (Å²) in [5.74, 6) is -0.905. The van der Waals surface area contributed by atoms with Crippen molar-refractivity contribution in [2.24, 2.45) is 11.8 Å². The van der Waals surface area contributed by atoms with Crippen LogP contribution >= 0.6 is 0 Å². The minimum Gasteiger partial charge on any atom is -0.497 e. The van der Waals surface area contributed by atoms with Crippen molar-refractivity contribution in [2.45, 2.75) is 20.3 Å². The predicted octanol–water partition coefficient (Wildman–Crippen LogP) is 2.05. The topological polar surface area (TPSA) is 66.8 Å². The fourth-order valence-electron chi connectivity index (χ4n) is 2.16. The molecule has 1 aromatic rings. The summed E-state index contributed by atoms with van der Waals surface area (Å²) in [5.41, 5.74) is 1.05. The van der Waals surface area contributed by atoms with Crippen molar-refractivity contribution in [3.05, 3.63) is 29.8 Å². The number of carboxylic acids is 1. The molecule has 2 unspecified atom stereocenters. The number of hydrogen-bond donors (Lipinski definition) is 1. The number of benzene rings is 1. The molecule has 0 radical (unpaired) electrons. The number of amides is 1. The first-order chi connectivity index (χ1) is 9.85. The van der Waals surface area contributed by atoms with Gasteiger partial charge in [-0.15, -0.1) is 0 Å². The van der Waals surface area contributed by atoms with Crippen LogP contribution in [0.15, 0.2) is 24.3 Å². The van der Waals surface area contributed by atoms with Crippen LogP contribution in [0.1, 0.15) is 19.4 Å². The second-order valence-corrected chi connectivity index (χ2v) is 5.41. The summed E-state index contributed by atoms with van der Waals surface area (Å²) in [7, 11) is 3.26. The summed E-state index contributed by atoms with van der Waals surface area (Å²) >= 11 is 0. The van der Waals surface area contributed by atoms with E-state index in [1.807, 2.05) is 31.2 Å². The summed E-state index contributed by atoms with van der Waals surface area (Å²) < 4.78 is 5.10. The van der Waals surface area contributed by atoms with Crippen LogP contribution in [0.25, 0.3) is 0 Å². The molecule has 0 heterocycles. The zero-order chi connectivity index (χ0) is 16.0. The molecule has 1 amide bonds. The Hall–Kier alpha value is -2.04. The van der Waals surface area contributed by atoms with E-state index in [1.54, 1.807) is 21.1 Å². The third-order valence-electron chi connectivity index (χ3n) is 3.47. The number of nitrogens with zero attached hydrogens (tertiary/aromatic N) is 1. The molecule has 1 rings (SSSR count). The molecule has 1 aromatic carbocycles. The van der Waals surface area contributed by atoms with Gasteiger partial charge in [0.15, 0.2) is 0 Å². The van der Waals surface area contributed by atoms with Gasteiger partial charge in [-0.2, -0.15) is 0 Å². The maximum Gasteiger partial charge on any atom is 0.308 e. The Morgan fingerprint density at radius 2 is 1.76 bits per heavy atom. The van der Waals surface area contributed by atoms with E-state index in [1.165, 1.54) is 4.90 Å². The Kier molecular flexibility index (Phi) is 6.21. The third kappa shape index (κ3) is 5.10. The van der Waals surface area contributed by atoms with Crippen LogP contribution in [0.4, 0.5) is 0 Å². The van der Waals surface area contributed by atoms with E-state index in [9.17, 15) is 9.59 Å². The summed E-state index contributed by atoms with van der Waals surface area (Å²) in [4.78, 5) is 24.6. The van der Waals surface area contributed by atoms with Gasteiger partial charge in [0.2, 0.25) is 5.91 Å².